The molecule has 0 N–H and O–H groups in total. The lowest BCUT2D eigenvalue weighted by atomic mass is 10.2. The van der Waals surface area contributed by atoms with Gasteiger partial charge in [-0.2, -0.15) is 0 Å². The summed E-state index contributed by atoms with van der Waals surface area (Å²) in [6, 6.07) is 5.64. The highest BCUT2D eigenvalue weighted by Gasteiger charge is 1.99. The van der Waals surface area contributed by atoms with Crippen LogP contribution in [0.2, 0.25) is 0 Å². The molecule has 1 rings (SSSR count). The van der Waals surface area contributed by atoms with E-state index in [0.717, 1.165) is 15.8 Å². The van der Waals surface area contributed by atoms with Gasteiger partial charge >= 0.3 is 0 Å². The van der Waals surface area contributed by atoms with Crippen molar-refractivity contribution in [1.82, 2.24) is 0 Å². The van der Waals surface area contributed by atoms with Gasteiger partial charge in [-0.15, -0.1) is 0 Å². The minimum Gasteiger partial charge on any atom is -0.496 e. The first-order chi connectivity index (χ1) is 6.63. The lowest BCUT2D eigenvalue weighted by Gasteiger charge is -2.04. The van der Waals surface area contributed by atoms with Crippen molar-refractivity contribution in [2.75, 3.05) is 7.11 Å². The van der Waals surface area contributed by atoms with Crippen molar-refractivity contribution in [3.05, 3.63) is 34.3 Å². The molecule has 0 amide bonds. The van der Waals surface area contributed by atoms with Gasteiger partial charge in [0.25, 0.3) is 0 Å². The molecule has 0 saturated carbocycles. The molecule has 0 aliphatic carbocycles. The van der Waals surface area contributed by atoms with Gasteiger partial charge in [-0.25, -0.2) is 0 Å². The summed E-state index contributed by atoms with van der Waals surface area (Å²) in [6.07, 6.45) is 3.26. The lowest BCUT2D eigenvalue weighted by Crippen LogP contribution is -1.87. The quantitative estimate of drug-likeness (QED) is 0.776. The molecular weight excluding hydrogens is 244 g/mol. The predicted octanol–water partition coefficient (Wildman–Crippen LogP) is 3.06. The second kappa shape index (κ2) is 4.96. The SMILES string of the molecule is COc1ccc(Br)cc1C=CC(C)=O. The van der Waals surface area contributed by atoms with Gasteiger partial charge in [0, 0.05) is 10.0 Å². The zero-order valence-corrected chi connectivity index (χ0v) is 9.67. The van der Waals surface area contributed by atoms with E-state index >= 15 is 0 Å². The molecule has 2 nitrogen and oxygen atoms in total. The molecule has 0 heterocycles. The number of rotatable bonds is 3. The summed E-state index contributed by atoms with van der Waals surface area (Å²) in [5, 5.41) is 0. The van der Waals surface area contributed by atoms with E-state index in [4.69, 9.17) is 4.74 Å². The van der Waals surface area contributed by atoms with E-state index in [2.05, 4.69) is 15.9 Å². The smallest absolute Gasteiger partial charge is 0.152 e. The second-order valence-corrected chi connectivity index (χ2v) is 3.75. The average molecular weight is 255 g/mol. The van der Waals surface area contributed by atoms with E-state index in [9.17, 15) is 4.79 Å². The highest BCUT2D eigenvalue weighted by molar-refractivity contribution is 9.10. The normalized spacial score (nSPS) is 10.5. The maximum Gasteiger partial charge on any atom is 0.152 e. The number of ether oxygens (including phenoxy) is 1. The maximum absolute atomic E-state index is 10.8. The van der Waals surface area contributed by atoms with E-state index in [0.29, 0.717) is 0 Å². The summed E-state index contributed by atoms with van der Waals surface area (Å²) >= 11 is 3.36. The van der Waals surface area contributed by atoms with E-state index < -0.39 is 0 Å². The number of hydrogen-bond donors (Lipinski definition) is 0. The van der Waals surface area contributed by atoms with Crippen LogP contribution in [-0.2, 0) is 4.79 Å². The Kier molecular flexibility index (Phi) is 3.89. The summed E-state index contributed by atoms with van der Waals surface area (Å²) in [5.74, 6) is 0.776. The number of hydrogen-bond acceptors (Lipinski definition) is 2. The second-order valence-electron chi connectivity index (χ2n) is 2.83. The molecule has 1 aromatic rings. The van der Waals surface area contributed by atoms with Crippen molar-refractivity contribution in [2.24, 2.45) is 0 Å². The monoisotopic (exact) mass is 254 g/mol. The van der Waals surface area contributed by atoms with Gasteiger partial charge in [-0.1, -0.05) is 15.9 Å². The van der Waals surface area contributed by atoms with Crippen LogP contribution in [-0.4, -0.2) is 12.9 Å². The maximum atomic E-state index is 10.8. The first-order valence-corrected chi connectivity index (χ1v) is 4.95. The average Bonchev–Trinajstić information content (AvgIpc) is 2.15. The Hall–Kier alpha value is -1.09. The predicted molar refractivity (Wildman–Crippen MR) is 60.4 cm³/mol. The summed E-state index contributed by atoms with van der Waals surface area (Å²) in [5.41, 5.74) is 0.886. The van der Waals surface area contributed by atoms with Crippen LogP contribution >= 0.6 is 15.9 Å². The highest BCUT2D eigenvalue weighted by Crippen LogP contribution is 2.23. The van der Waals surface area contributed by atoms with Gasteiger partial charge in [0.2, 0.25) is 0 Å². The zero-order valence-electron chi connectivity index (χ0n) is 8.08. The number of carbonyl (C=O) groups is 1. The third-order valence-corrected chi connectivity index (χ3v) is 2.18. The first-order valence-electron chi connectivity index (χ1n) is 4.15. The van der Waals surface area contributed by atoms with Crippen LogP contribution in [0.3, 0.4) is 0 Å². The van der Waals surface area contributed by atoms with Gasteiger partial charge < -0.3 is 4.74 Å². The fourth-order valence-corrected chi connectivity index (χ4v) is 1.42. The Morgan fingerprint density at radius 1 is 1.50 bits per heavy atom. The van der Waals surface area contributed by atoms with Crippen molar-refractivity contribution >= 4 is 27.8 Å². The van der Waals surface area contributed by atoms with E-state index in [1.54, 1.807) is 13.2 Å². The van der Waals surface area contributed by atoms with Gasteiger partial charge in [0.05, 0.1) is 7.11 Å². The minimum atomic E-state index is 0.0204. The van der Waals surface area contributed by atoms with Gasteiger partial charge in [0.15, 0.2) is 5.78 Å². The number of benzene rings is 1. The van der Waals surface area contributed by atoms with Crippen LogP contribution < -0.4 is 4.74 Å². The standard InChI is InChI=1S/C11H11BrO2/c1-8(13)3-4-9-7-10(12)5-6-11(9)14-2/h3-7H,1-2H3. The number of carbonyl (C=O) groups excluding carboxylic acids is 1. The van der Waals surface area contributed by atoms with Crippen molar-refractivity contribution in [3.63, 3.8) is 0 Å². The molecule has 0 fully saturated rings. The topological polar surface area (TPSA) is 26.3 Å². The minimum absolute atomic E-state index is 0.0204. The van der Waals surface area contributed by atoms with E-state index in [-0.39, 0.29) is 5.78 Å². The molecule has 3 heteroatoms. The molecule has 0 saturated heterocycles. The highest BCUT2D eigenvalue weighted by atomic mass is 79.9. The molecule has 0 spiro atoms. The van der Waals surface area contributed by atoms with Crippen molar-refractivity contribution in [1.29, 1.82) is 0 Å². The van der Waals surface area contributed by atoms with Crippen LogP contribution in [0.15, 0.2) is 28.7 Å². The molecule has 0 radical (unpaired) electrons. The molecule has 14 heavy (non-hydrogen) atoms. The van der Waals surface area contributed by atoms with Crippen molar-refractivity contribution in [3.8, 4) is 5.75 Å². The van der Waals surface area contributed by atoms with Crippen LogP contribution in [0, 0.1) is 0 Å². The van der Waals surface area contributed by atoms with Gasteiger partial charge in [-0.05, 0) is 37.3 Å². The third kappa shape index (κ3) is 3.00. The fraction of sp³-hybridized carbons (Fsp3) is 0.182. The van der Waals surface area contributed by atoms with Crippen molar-refractivity contribution < 1.29 is 9.53 Å². The molecule has 1 aromatic carbocycles. The summed E-state index contributed by atoms with van der Waals surface area (Å²) in [7, 11) is 1.61. The Morgan fingerprint density at radius 3 is 2.79 bits per heavy atom. The Bertz CT molecular complexity index is 370. The van der Waals surface area contributed by atoms with Crippen molar-refractivity contribution in [2.45, 2.75) is 6.92 Å². The van der Waals surface area contributed by atoms with E-state index in [1.807, 2.05) is 18.2 Å². The van der Waals surface area contributed by atoms with Crippen LogP contribution in [0.1, 0.15) is 12.5 Å². The third-order valence-electron chi connectivity index (χ3n) is 1.69. The summed E-state index contributed by atoms with van der Waals surface area (Å²) < 4.78 is 6.11. The number of ketones is 1. The summed E-state index contributed by atoms with van der Waals surface area (Å²) in [4.78, 5) is 10.8. The largest absolute Gasteiger partial charge is 0.496 e. The Balaban J connectivity index is 3.04. The Labute approximate surface area is 91.7 Å². The first kappa shape index (κ1) is 11.0. The molecule has 0 aliphatic rings. The number of methoxy groups -OCH3 is 1. The molecule has 0 atom stereocenters. The molecule has 0 unspecified atom stereocenters. The molecule has 0 bridgehead atoms. The zero-order chi connectivity index (χ0) is 10.6. The van der Waals surface area contributed by atoms with Crippen LogP contribution in [0.25, 0.3) is 6.08 Å². The molecule has 74 valence electrons. The van der Waals surface area contributed by atoms with Crippen LogP contribution in [0.5, 0.6) is 5.75 Å². The fourth-order valence-electron chi connectivity index (χ4n) is 1.04. The van der Waals surface area contributed by atoms with Gasteiger partial charge in [-0.3, -0.25) is 4.79 Å². The Morgan fingerprint density at radius 2 is 2.21 bits per heavy atom. The molecular formula is C11H11BrO2. The van der Waals surface area contributed by atoms with Gasteiger partial charge in [0.1, 0.15) is 5.75 Å². The number of allylic oxidation sites excluding steroid dienone is 1. The molecule has 0 aliphatic heterocycles. The lowest BCUT2D eigenvalue weighted by molar-refractivity contribution is -0.112. The summed E-state index contributed by atoms with van der Waals surface area (Å²) in [6.45, 7) is 1.51. The molecule has 0 aromatic heterocycles. The number of halogens is 1. The van der Waals surface area contributed by atoms with E-state index in [1.165, 1.54) is 13.0 Å². The van der Waals surface area contributed by atoms with Crippen LogP contribution in [0.4, 0.5) is 0 Å².